The van der Waals surface area contributed by atoms with E-state index in [-0.39, 0.29) is 5.91 Å². The first-order chi connectivity index (χ1) is 14.7. The van der Waals surface area contributed by atoms with E-state index in [1.165, 1.54) is 0 Å². The number of methoxy groups -OCH3 is 1. The quantitative estimate of drug-likeness (QED) is 0.499. The van der Waals surface area contributed by atoms with Crippen molar-refractivity contribution in [2.45, 2.75) is 6.54 Å². The minimum Gasteiger partial charge on any atom is -0.497 e. The number of amides is 1. The highest BCUT2D eigenvalue weighted by Crippen LogP contribution is 2.28. The maximum atomic E-state index is 13.0. The van der Waals surface area contributed by atoms with Gasteiger partial charge in [-0.1, -0.05) is 29.8 Å². The number of rotatable bonds is 6. The van der Waals surface area contributed by atoms with Crippen molar-refractivity contribution in [2.75, 3.05) is 7.11 Å². The molecule has 1 N–H and O–H groups in total. The zero-order valence-corrected chi connectivity index (χ0v) is 17.0. The lowest BCUT2D eigenvalue weighted by Gasteiger charge is -2.09. The largest absolute Gasteiger partial charge is 0.497 e. The van der Waals surface area contributed by atoms with Crippen molar-refractivity contribution in [2.24, 2.45) is 0 Å². The van der Waals surface area contributed by atoms with Gasteiger partial charge in [-0.2, -0.15) is 5.10 Å². The molecule has 0 spiro atoms. The van der Waals surface area contributed by atoms with Crippen molar-refractivity contribution in [3.63, 3.8) is 0 Å². The molecule has 0 fully saturated rings. The fourth-order valence-electron chi connectivity index (χ4n) is 3.04. The highest BCUT2D eigenvalue weighted by atomic mass is 35.5. The number of pyridine rings is 1. The van der Waals surface area contributed by atoms with Crippen LogP contribution in [-0.4, -0.2) is 27.8 Å². The van der Waals surface area contributed by atoms with Crippen molar-refractivity contribution in [3.8, 4) is 22.7 Å². The predicted octanol–water partition coefficient (Wildman–Crippen LogP) is 4.53. The summed E-state index contributed by atoms with van der Waals surface area (Å²) in [4.78, 5) is 17.0. The molecule has 150 valence electrons. The van der Waals surface area contributed by atoms with E-state index in [0.29, 0.717) is 23.0 Å². The molecular weight excluding hydrogens is 400 g/mol. The number of hydrogen-bond acceptors (Lipinski definition) is 4. The van der Waals surface area contributed by atoms with Gasteiger partial charge in [0.25, 0.3) is 5.91 Å². The van der Waals surface area contributed by atoms with Crippen molar-refractivity contribution in [1.29, 1.82) is 0 Å². The van der Waals surface area contributed by atoms with Gasteiger partial charge in [-0.3, -0.25) is 9.78 Å². The summed E-state index contributed by atoms with van der Waals surface area (Å²) in [6.07, 6.45) is 3.39. The normalized spacial score (nSPS) is 10.6. The molecule has 7 heteroatoms. The van der Waals surface area contributed by atoms with E-state index < -0.39 is 0 Å². The van der Waals surface area contributed by atoms with Gasteiger partial charge in [0, 0.05) is 24.5 Å². The molecule has 30 heavy (non-hydrogen) atoms. The molecule has 0 saturated carbocycles. The number of halogens is 1. The molecule has 0 bridgehead atoms. The molecule has 0 atom stereocenters. The van der Waals surface area contributed by atoms with Crippen molar-refractivity contribution >= 4 is 17.5 Å². The van der Waals surface area contributed by atoms with Crippen LogP contribution in [0, 0.1) is 0 Å². The lowest BCUT2D eigenvalue weighted by molar-refractivity contribution is 0.0943. The molecule has 6 nitrogen and oxygen atoms in total. The molecule has 4 rings (SSSR count). The molecule has 2 heterocycles. The molecule has 0 aliphatic rings. The zero-order chi connectivity index (χ0) is 20.9. The first-order valence-corrected chi connectivity index (χ1v) is 9.70. The van der Waals surface area contributed by atoms with Gasteiger partial charge in [0.2, 0.25) is 0 Å². The summed E-state index contributed by atoms with van der Waals surface area (Å²) in [6.45, 7) is 0.385. The van der Waals surface area contributed by atoms with Gasteiger partial charge in [0.1, 0.15) is 11.4 Å². The molecule has 0 aliphatic heterocycles. The second-order valence-electron chi connectivity index (χ2n) is 6.54. The highest BCUT2D eigenvalue weighted by molar-refractivity contribution is 6.33. The van der Waals surface area contributed by atoms with Crippen LogP contribution in [0.4, 0.5) is 0 Å². The minimum absolute atomic E-state index is 0.242. The van der Waals surface area contributed by atoms with E-state index in [4.69, 9.17) is 16.3 Å². The average molecular weight is 419 g/mol. The van der Waals surface area contributed by atoms with Crippen LogP contribution in [-0.2, 0) is 6.54 Å². The highest BCUT2D eigenvalue weighted by Gasteiger charge is 2.18. The molecule has 4 aromatic rings. The van der Waals surface area contributed by atoms with Crippen LogP contribution < -0.4 is 10.1 Å². The van der Waals surface area contributed by atoms with E-state index in [9.17, 15) is 4.79 Å². The lowest BCUT2D eigenvalue weighted by atomic mass is 10.1. The SMILES string of the molecule is COc1ccc(-n2nc(-c3ccccc3Cl)cc2C(=O)NCc2ccncc2)cc1. The molecule has 0 saturated heterocycles. The van der Waals surface area contributed by atoms with Crippen LogP contribution in [0.25, 0.3) is 16.9 Å². The number of ether oxygens (including phenoxy) is 1. The zero-order valence-electron chi connectivity index (χ0n) is 16.2. The Balaban J connectivity index is 1.71. The molecular formula is C23H19ClN4O2. The summed E-state index contributed by atoms with van der Waals surface area (Å²) >= 11 is 6.35. The number of hydrogen-bond donors (Lipinski definition) is 1. The Morgan fingerprint density at radius 3 is 2.50 bits per heavy atom. The second kappa shape index (κ2) is 8.80. The molecule has 1 amide bonds. The molecule has 2 aromatic carbocycles. The van der Waals surface area contributed by atoms with Gasteiger partial charge in [-0.15, -0.1) is 0 Å². The van der Waals surface area contributed by atoms with Crippen LogP contribution in [0.3, 0.4) is 0 Å². The van der Waals surface area contributed by atoms with E-state index >= 15 is 0 Å². The van der Waals surface area contributed by atoms with E-state index in [1.54, 1.807) is 36.3 Å². The number of nitrogens with zero attached hydrogens (tertiary/aromatic N) is 3. The Morgan fingerprint density at radius 1 is 1.07 bits per heavy atom. The number of benzene rings is 2. The molecule has 0 radical (unpaired) electrons. The van der Waals surface area contributed by atoms with Crippen molar-refractivity contribution < 1.29 is 9.53 Å². The summed E-state index contributed by atoms with van der Waals surface area (Å²) in [5.41, 5.74) is 3.48. The average Bonchev–Trinajstić information content (AvgIpc) is 3.24. The van der Waals surface area contributed by atoms with Crippen LogP contribution in [0.5, 0.6) is 5.75 Å². The monoisotopic (exact) mass is 418 g/mol. The molecule has 0 unspecified atom stereocenters. The van der Waals surface area contributed by atoms with Gasteiger partial charge in [0.15, 0.2) is 0 Å². The van der Waals surface area contributed by atoms with Gasteiger partial charge in [-0.25, -0.2) is 4.68 Å². The summed E-state index contributed by atoms with van der Waals surface area (Å²) in [5, 5.41) is 8.18. The number of carbonyl (C=O) groups is 1. The van der Waals surface area contributed by atoms with E-state index in [0.717, 1.165) is 22.6 Å². The third-order valence-corrected chi connectivity index (χ3v) is 4.94. The molecule has 0 aliphatic carbocycles. The number of nitrogens with one attached hydrogen (secondary N) is 1. The standard InChI is InChI=1S/C23H19ClN4O2/c1-30-18-8-6-17(7-9-18)28-22(23(29)26-15-16-10-12-25-13-11-16)14-21(27-28)19-4-2-3-5-20(19)24/h2-14H,15H2,1H3,(H,26,29). The Hall–Kier alpha value is -3.64. The van der Waals surface area contributed by atoms with Crippen molar-refractivity contribution in [1.82, 2.24) is 20.1 Å². The topological polar surface area (TPSA) is 69.0 Å². The summed E-state index contributed by atoms with van der Waals surface area (Å²) in [6, 6.07) is 20.2. The van der Waals surface area contributed by atoms with Gasteiger partial charge < -0.3 is 10.1 Å². The Bertz CT molecular complexity index is 1160. The maximum absolute atomic E-state index is 13.0. The first kappa shape index (κ1) is 19.7. The minimum atomic E-state index is -0.242. The summed E-state index contributed by atoms with van der Waals surface area (Å²) in [7, 11) is 1.61. The third-order valence-electron chi connectivity index (χ3n) is 4.61. The van der Waals surface area contributed by atoms with Crippen LogP contribution in [0.15, 0.2) is 79.1 Å². The number of aromatic nitrogens is 3. The molecule has 2 aromatic heterocycles. The maximum Gasteiger partial charge on any atom is 0.270 e. The number of carbonyl (C=O) groups excluding carboxylic acids is 1. The Labute approximate surface area is 179 Å². The fraction of sp³-hybridized carbons (Fsp3) is 0.0870. The van der Waals surface area contributed by atoms with E-state index in [2.05, 4.69) is 15.4 Å². The fourth-order valence-corrected chi connectivity index (χ4v) is 3.27. The van der Waals surface area contributed by atoms with Crippen molar-refractivity contribution in [3.05, 3.63) is 95.4 Å². The third kappa shape index (κ3) is 4.18. The van der Waals surface area contributed by atoms with E-state index in [1.807, 2.05) is 54.6 Å². The first-order valence-electron chi connectivity index (χ1n) is 9.32. The smallest absolute Gasteiger partial charge is 0.270 e. The summed E-state index contributed by atoms with van der Waals surface area (Å²) in [5.74, 6) is 0.481. The Morgan fingerprint density at radius 2 is 1.80 bits per heavy atom. The second-order valence-corrected chi connectivity index (χ2v) is 6.95. The lowest BCUT2D eigenvalue weighted by Crippen LogP contribution is -2.25. The van der Waals surface area contributed by atoms with Gasteiger partial charge in [0.05, 0.1) is 23.5 Å². The van der Waals surface area contributed by atoms with Gasteiger partial charge in [-0.05, 0) is 54.1 Å². The summed E-state index contributed by atoms with van der Waals surface area (Å²) < 4.78 is 6.84. The van der Waals surface area contributed by atoms with Crippen LogP contribution >= 0.6 is 11.6 Å². The van der Waals surface area contributed by atoms with Gasteiger partial charge >= 0.3 is 0 Å². The Kier molecular flexibility index (Phi) is 5.77. The van der Waals surface area contributed by atoms with Crippen LogP contribution in [0.1, 0.15) is 16.1 Å². The van der Waals surface area contributed by atoms with Crippen LogP contribution in [0.2, 0.25) is 5.02 Å². The predicted molar refractivity (Wildman–Crippen MR) is 116 cm³/mol.